The van der Waals surface area contributed by atoms with Crippen molar-refractivity contribution in [2.45, 2.75) is 46.3 Å². The summed E-state index contributed by atoms with van der Waals surface area (Å²) in [6, 6.07) is 10.3. The second-order valence-corrected chi connectivity index (χ2v) is 8.39. The number of nitrogens with one attached hydrogen (secondary N) is 2. The van der Waals surface area contributed by atoms with Gasteiger partial charge in [-0.05, 0) is 76.6 Å². The van der Waals surface area contributed by atoms with E-state index in [2.05, 4.69) is 15.3 Å². The highest BCUT2D eigenvalue weighted by Crippen LogP contribution is 2.29. The number of aromatic nitrogens is 2. The molecule has 3 rings (SSSR count). The topological polar surface area (TPSA) is 84.1 Å². The molecule has 29 heavy (non-hydrogen) atoms. The number of aryl methyl sites for hydroxylation is 1. The van der Waals surface area contributed by atoms with Crippen molar-refractivity contribution in [3.8, 4) is 0 Å². The Bertz CT molecular complexity index is 1120. The van der Waals surface area contributed by atoms with Crippen LogP contribution >= 0.6 is 11.6 Å². The fourth-order valence-electron chi connectivity index (χ4n) is 2.99. The standard InChI is InChI=1S/C22H24ClN3O3/c1-12(16-10-17-19(11-18(16)23)25-13(2)26-20(17)27)24-15-8-6-14(7-9-15)21(28)29-22(3,4)5/h6-12,24H,1-5H3,(H,25,26,27). The van der Waals surface area contributed by atoms with Crippen molar-refractivity contribution in [2.75, 3.05) is 5.32 Å². The lowest BCUT2D eigenvalue weighted by Crippen LogP contribution is -2.23. The molecule has 0 saturated heterocycles. The molecule has 1 aromatic heterocycles. The number of nitrogens with zero attached hydrogens (tertiary/aromatic N) is 1. The van der Waals surface area contributed by atoms with E-state index in [1.165, 1.54) is 0 Å². The van der Waals surface area contributed by atoms with Crippen molar-refractivity contribution in [3.63, 3.8) is 0 Å². The first-order valence-electron chi connectivity index (χ1n) is 9.33. The van der Waals surface area contributed by atoms with Gasteiger partial charge < -0.3 is 15.0 Å². The average Bonchev–Trinajstić information content (AvgIpc) is 2.60. The molecule has 1 unspecified atom stereocenters. The van der Waals surface area contributed by atoms with Crippen LogP contribution in [0.3, 0.4) is 0 Å². The van der Waals surface area contributed by atoms with E-state index in [-0.39, 0.29) is 17.6 Å². The van der Waals surface area contributed by atoms with Gasteiger partial charge in [0.2, 0.25) is 0 Å². The Labute approximate surface area is 174 Å². The van der Waals surface area contributed by atoms with Crippen LogP contribution in [0, 0.1) is 6.92 Å². The van der Waals surface area contributed by atoms with Crippen LogP contribution in [0.15, 0.2) is 41.2 Å². The Morgan fingerprint density at radius 2 is 1.86 bits per heavy atom. The van der Waals surface area contributed by atoms with E-state index in [9.17, 15) is 9.59 Å². The number of aromatic amines is 1. The van der Waals surface area contributed by atoms with Gasteiger partial charge >= 0.3 is 5.97 Å². The second-order valence-electron chi connectivity index (χ2n) is 7.99. The second kappa shape index (κ2) is 7.87. The fraction of sp³-hybridized carbons (Fsp3) is 0.318. The molecular formula is C22H24ClN3O3. The maximum Gasteiger partial charge on any atom is 0.338 e. The average molecular weight is 414 g/mol. The van der Waals surface area contributed by atoms with Gasteiger partial charge in [-0.25, -0.2) is 9.78 Å². The molecule has 7 heteroatoms. The zero-order valence-corrected chi connectivity index (χ0v) is 17.8. The predicted molar refractivity (Wildman–Crippen MR) is 116 cm³/mol. The zero-order valence-electron chi connectivity index (χ0n) is 17.1. The van der Waals surface area contributed by atoms with Crippen molar-refractivity contribution >= 4 is 34.2 Å². The monoisotopic (exact) mass is 413 g/mol. The van der Waals surface area contributed by atoms with E-state index in [1.807, 2.05) is 39.8 Å². The first-order valence-corrected chi connectivity index (χ1v) is 9.71. The van der Waals surface area contributed by atoms with Gasteiger partial charge in [-0.2, -0.15) is 0 Å². The zero-order chi connectivity index (χ0) is 21.3. The number of benzene rings is 2. The summed E-state index contributed by atoms with van der Waals surface area (Å²) in [5.41, 5.74) is 1.91. The summed E-state index contributed by atoms with van der Waals surface area (Å²) in [5, 5.41) is 4.36. The first-order chi connectivity index (χ1) is 13.5. The molecule has 0 radical (unpaired) electrons. The van der Waals surface area contributed by atoms with E-state index in [1.54, 1.807) is 31.2 Å². The van der Waals surface area contributed by atoms with Crippen molar-refractivity contribution < 1.29 is 9.53 Å². The lowest BCUT2D eigenvalue weighted by molar-refractivity contribution is 0.00696. The number of anilines is 1. The Kier molecular flexibility index (Phi) is 5.66. The lowest BCUT2D eigenvalue weighted by Gasteiger charge is -2.20. The third-order valence-electron chi connectivity index (χ3n) is 4.31. The fourth-order valence-corrected chi connectivity index (χ4v) is 3.31. The molecule has 1 heterocycles. The SMILES string of the molecule is Cc1nc2cc(Cl)c(C(C)Nc3ccc(C(=O)OC(C)(C)C)cc3)cc2c(=O)[nH]1. The molecule has 0 spiro atoms. The largest absolute Gasteiger partial charge is 0.456 e. The van der Waals surface area contributed by atoms with Crippen LogP contribution in [-0.2, 0) is 4.74 Å². The quantitative estimate of drug-likeness (QED) is 0.587. The number of carbonyl (C=O) groups is 1. The molecule has 6 nitrogen and oxygen atoms in total. The maximum atomic E-state index is 12.2. The summed E-state index contributed by atoms with van der Waals surface area (Å²) in [6.45, 7) is 9.17. The highest BCUT2D eigenvalue weighted by Gasteiger charge is 2.18. The number of ether oxygens (including phenoxy) is 1. The van der Waals surface area contributed by atoms with Gasteiger partial charge in [-0.3, -0.25) is 4.79 Å². The minimum atomic E-state index is -0.541. The molecule has 2 aromatic carbocycles. The number of fused-ring (bicyclic) bond motifs is 1. The number of hydrogen-bond acceptors (Lipinski definition) is 5. The lowest BCUT2D eigenvalue weighted by atomic mass is 10.0. The Balaban J connectivity index is 1.81. The van der Waals surface area contributed by atoms with Crippen molar-refractivity contribution in [1.29, 1.82) is 0 Å². The molecule has 152 valence electrons. The first kappa shape index (κ1) is 20.9. The number of halogens is 1. The summed E-state index contributed by atoms with van der Waals surface area (Å²) < 4.78 is 5.37. The summed E-state index contributed by atoms with van der Waals surface area (Å²) in [6.07, 6.45) is 0. The molecule has 0 saturated carbocycles. The number of esters is 1. The van der Waals surface area contributed by atoms with Crippen molar-refractivity contribution in [3.05, 3.63) is 68.7 Å². The number of carbonyl (C=O) groups excluding carboxylic acids is 1. The van der Waals surface area contributed by atoms with Gasteiger partial charge in [0.05, 0.1) is 22.5 Å². The van der Waals surface area contributed by atoms with Gasteiger partial charge in [0.1, 0.15) is 11.4 Å². The third-order valence-corrected chi connectivity index (χ3v) is 4.64. The van der Waals surface area contributed by atoms with Crippen LogP contribution in [0.2, 0.25) is 5.02 Å². The van der Waals surface area contributed by atoms with E-state index in [4.69, 9.17) is 16.3 Å². The van der Waals surface area contributed by atoms with Crippen LogP contribution in [0.5, 0.6) is 0 Å². The molecular weight excluding hydrogens is 390 g/mol. The Hall–Kier alpha value is -2.86. The highest BCUT2D eigenvalue weighted by molar-refractivity contribution is 6.32. The normalized spacial score (nSPS) is 12.6. The van der Waals surface area contributed by atoms with Gasteiger partial charge in [0.15, 0.2) is 0 Å². The van der Waals surface area contributed by atoms with Crippen LogP contribution in [0.1, 0.15) is 55.5 Å². The molecule has 0 aliphatic carbocycles. The van der Waals surface area contributed by atoms with Crippen LogP contribution < -0.4 is 10.9 Å². The Morgan fingerprint density at radius 3 is 2.48 bits per heavy atom. The van der Waals surface area contributed by atoms with Gasteiger partial charge in [0.25, 0.3) is 5.56 Å². The van der Waals surface area contributed by atoms with Gasteiger partial charge in [-0.1, -0.05) is 11.6 Å². The molecule has 0 bridgehead atoms. The van der Waals surface area contributed by atoms with E-state index < -0.39 is 5.60 Å². The molecule has 0 aliphatic rings. The van der Waals surface area contributed by atoms with Gasteiger partial charge in [0, 0.05) is 10.7 Å². The number of H-pyrrole nitrogens is 1. The number of hydrogen-bond donors (Lipinski definition) is 2. The molecule has 0 fully saturated rings. The Morgan fingerprint density at radius 1 is 1.21 bits per heavy atom. The van der Waals surface area contributed by atoms with Gasteiger partial charge in [-0.15, -0.1) is 0 Å². The van der Waals surface area contributed by atoms with Crippen molar-refractivity contribution in [1.82, 2.24) is 9.97 Å². The summed E-state index contributed by atoms with van der Waals surface area (Å²) in [5.74, 6) is 0.180. The van der Waals surface area contributed by atoms with Crippen LogP contribution in [0.4, 0.5) is 5.69 Å². The number of rotatable bonds is 4. The molecule has 0 aliphatic heterocycles. The minimum Gasteiger partial charge on any atom is -0.456 e. The smallest absolute Gasteiger partial charge is 0.338 e. The summed E-state index contributed by atoms with van der Waals surface area (Å²) >= 11 is 6.44. The molecule has 1 atom stereocenters. The minimum absolute atomic E-state index is 0.167. The predicted octanol–water partition coefficient (Wildman–Crippen LogP) is 5.01. The van der Waals surface area contributed by atoms with Crippen LogP contribution in [0.25, 0.3) is 10.9 Å². The third kappa shape index (κ3) is 4.95. The van der Waals surface area contributed by atoms with E-state index >= 15 is 0 Å². The molecule has 3 aromatic rings. The molecule has 2 N–H and O–H groups in total. The summed E-state index contributed by atoms with van der Waals surface area (Å²) in [7, 11) is 0. The maximum absolute atomic E-state index is 12.2. The van der Waals surface area contributed by atoms with Crippen molar-refractivity contribution in [2.24, 2.45) is 0 Å². The van der Waals surface area contributed by atoms with E-state index in [0.29, 0.717) is 27.3 Å². The molecule has 0 amide bonds. The van der Waals surface area contributed by atoms with Crippen LogP contribution in [-0.4, -0.2) is 21.5 Å². The van der Waals surface area contributed by atoms with E-state index in [0.717, 1.165) is 11.3 Å². The summed E-state index contributed by atoms with van der Waals surface area (Å²) in [4.78, 5) is 31.4. The highest BCUT2D eigenvalue weighted by atomic mass is 35.5.